The molecule has 0 unspecified atom stereocenters. The van der Waals surface area contributed by atoms with Gasteiger partial charge in [-0.2, -0.15) is 0 Å². The van der Waals surface area contributed by atoms with E-state index in [2.05, 4.69) is 5.32 Å². The average Bonchev–Trinajstić information content (AvgIpc) is 3.41. The minimum Gasteiger partial charge on any atom is -0.493 e. The molecule has 1 amide bonds. The van der Waals surface area contributed by atoms with Crippen molar-refractivity contribution in [2.45, 2.75) is 31.5 Å². The molecule has 0 saturated heterocycles. The highest BCUT2D eigenvalue weighted by molar-refractivity contribution is 5.98. The highest BCUT2D eigenvalue weighted by Crippen LogP contribution is 2.47. The molecule has 2 aliphatic rings. The maximum absolute atomic E-state index is 12.5. The predicted molar refractivity (Wildman–Crippen MR) is 114 cm³/mol. The molecule has 1 aliphatic carbocycles. The van der Waals surface area contributed by atoms with Crippen LogP contribution < -0.4 is 24.3 Å². The van der Waals surface area contributed by atoms with E-state index in [0.29, 0.717) is 17.2 Å². The smallest absolute Gasteiger partial charge is 0.345 e. The second-order valence-corrected chi connectivity index (χ2v) is 7.59. The van der Waals surface area contributed by atoms with E-state index >= 15 is 0 Å². The van der Waals surface area contributed by atoms with Crippen LogP contribution in [0.1, 0.15) is 36.0 Å². The quantitative estimate of drug-likeness (QED) is 0.376. The van der Waals surface area contributed by atoms with Gasteiger partial charge in [0.1, 0.15) is 5.56 Å². The molecule has 33 heavy (non-hydrogen) atoms. The molecule has 1 saturated carbocycles. The van der Waals surface area contributed by atoms with Crippen molar-refractivity contribution in [1.82, 2.24) is 0 Å². The van der Waals surface area contributed by atoms with Crippen LogP contribution in [0.2, 0.25) is 0 Å². The molecular formula is C22H22N2O9. The maximum Gasteiger partial charge on any atom is 0.345 e. The lowest BCUT2D eigenvalue weighted by molar-refractivity contribution is -0.385. The number of hydrogen-bond acceptors (Lipinski definition) is 9. The third-order valence-electron chi connectivity index (χ3n) is 5.44. The van der Waals surface area contributed by atoms with Crippen molar-refractivity contribution < 1.29 is 38.2 Å². The van der Waals surface area contributed by atoms with Crippen molar-refractivity contribution in [3.63, 3.8) is 0 Å². The second kappa shape index (κ2) is 8.85. The van der Waals surface area contributed by atoms with Gasteiger partial charge in [0.25, 0.3) is 17.4 Å². The van der Waals surface area contributed by atoms with E-state index in [1.807, 2.05) is 0 Å². The third-order valence-corrected chi connectivity index (χ3v) is 5.44. The summed E-state index contributed by atoms with van der Waals surface area (Å²) < 4.78 is 27.0. The predicted octanol–water partition coefficient (Wildman–Crippen LogP) is 3.45. The topological polar surface area (TPSA) is 135 Å². The molecule has 11 nitrogen and oxygen atoms in total. The lowest BCUT2D eigenvalue weighted by Gasteiger charge is -2.21. The van der Waals surface area contributed by atoms with Crippen molar-refractivity contribution in [1.29, 1.82) is 0 Å². The van der Waals surface area contributed by atoms with Gasteiger partial charge in [0.2, 0.25) is 0 Å². The summed E-state index contributed by atoms with van der Waals surface area (Å²) in [6, 6.07) is 7.18. The van der Waals surface area contributed by atoms with Gasteiger partial charge in [-0.15, -0.1) is 0 Å². The summed E-state index contributed by atoms with van der Waals surface area (Å²) in [5.41, 5.74) is -0.462. The molecular weight excluding hydrogens is 436 g/mol. The fourth-order valence-corrected chi connectivity index (χ4v) is 3.88. The van der Waals surface area contributed by atoms with Crippen molar-refractivity contribution in [3.05, 3.63) is 46.0 Å². The highest BCUT2D eigenvalue weighted by atomic mass is 16.7. The highest BCUT2D eigenvalue weighted by Gasteiger charge is 2.44. The monoisotopic (exact) mass is 458 g/mol. The van der Waals surface area contributed by atoms with Crippen LogP contribution in [-0.4, -0.2) is 43.4 Å². The maximum atomic E-state index is 12.5. The molecule has 11 heteroatoms. The SMILES string of the molecule is COc1cc(C(=O)OCC(=O)Nc2ccc3c(c2)OC2(CCCC2)O3)c([N+](=O)[O-])cc1OC. The van der Waals surface area contributed by atoms with Gasteiger partial charge < -0.3 is 29.0 Å². The molecule has 2 aromatic rings. The average molecular weight is 458 g/mol. The van der Waals surface area contributed by atoms with Crippen LogP contribution in [0, 0.1) is 10.1 Å². The third kappa shape index (κ3) is 4.47. The summed E-state index contributed by atoms with van der Waals surface area (Å²) >= 11 is 0. The Kier molecular flexibility index (Phi) is 5.95. The molecule has 2 aromatic carbocycles. The van der Waals surface area contributed by atoms with E-state index in [-0.39, 0.29) is 17.1 Å². The number of nitro benzene ring substituents is 1. The first kappa shape index (κ1) is 22.2. The number of esters is 1. The number of carbonyl (C=O) groups excluding carboxylic acids is 2. The number of ether oxygens (including phenoxy) is 5. The van der Waals surface area contributed by atoms with Gasteiger partial charge in [-0.3, -0.25) is 14.9 Å². The Hall–Kier alpha value is -4.02. The van der Waals surface area contributed by atoms with Crippen molar-refractivity contribution in [2.24, 2.45) is 0 Å². The summed E-state index contributed by atoms with van der Waals surface area (Å²) in [4.78, 5) is 35.4. The Balaban J connectivity index is 1.40. The number of nitrogens with zero attached hydrogens (tertiary/aromatic N) is 1. The van der Waals surface area contributed by atoms with Crippen LogP contribution in [-0.2, 0) is 9.53 Å². The van der Waals surface area contributed by atoms with Crippen LogP contribution in [0.25, 0.3) is 0 Å². The zero-order valence-electron chi connectivity index (χ0n) is 18.0. The summed E-state index contributed by atoms with van der Waals surface area (Å²) in [6.07, 6.45) is 3.67. The Morgan fingerprint density at radius 3 is 2.39 bits per heavy atom. The number of nitro groups is 1. The molecule has 1 spiro atoms. The van der Waals surface area contributed by atoms with E-state index < -0.39 is 34.9 Å². The van der Waals surface area contributed by atoms with Gasteiger partial charge in [0, 0.05) is 30.7 Å². The van der Waals surface area contributed by atoms with E-state index in [1.165, 1.54) is 14.2 Å². The second-order valence-electron chi connectivity index (χ2n) is 7.59. The van der Waals surface area contributed by atoms with E-state index in [0.717, 1.165) is 37.8 Å². The fraction of sp³-hybridized carbons (Fsp3) is 0.364. The number of fused-ring (bicyclic) bond motifs is 1. The normalized spacial score (nSPS) is 15.2. The van der Waals surface area contributed by atoms with Gasteiger partial charge in [-0.1, -0.05) is 0 Å². The molecule has 1 heterocycles. The largest absolute Gasteiger partial charge is 0.493 e. The molecule has 0 aromatic heterocycles. The minimum atomic E-state index is -1.05. The first-order valence-corrected chi connectivity index (χ1v) is 10.2. The number of anilines is 1. The number of nitrogens with one attached hydrogen (secondary N) is 1. The minimum absolute atomic E-state index is 0.0840. The zero-order valence-corrected chi connectivity index (χ0v) is 18.0. The molecule has 174 valence electrons. The zero-order chi connectivity index (χ0) is 23.6. The number of carbonyl (C=O) groups is 2. The Labute approximate surface area is 188 Å². The standard InChI is InChI=1S/C22H22N2O9/c1-29-17-10-14(15(24(27)28)11-18(17)30-2)21(26)31-12-20(25)23-13-5-6-16-19(9-13)33-22(32-16)7-3-4-8-22/h5-6,9-11H,3-4,7-8,12H2,1-2H3,(H,23,25). The van der Waals surface area contributed by atoms with Crippen molar-refractivity contribution >= 4 is 23.3 Å². The van der Waals surface area contributed by atoms with Crippen LogP contribution in [0.4, 0.5) is 11.4 Å². The number of rotatable bonds is 7. The number of methoxy groups -OCH3 is 2. The van der Waals surface area contributed by atoms with E-state index in [9.17, 15) is 19.7 Å². The summed E-state index contributed by atoms with van der Waals surface area (Å²) in [5, 5.41) is 14.0. The van der Waals surface area contributed by atoms with Gasteiger partial charge in [0.05, 0.1) is 25.2 Å². The van der Waals surface area contributed by atoms with Crippen LogP contribution >= 0.6 is 0 Å². The van der Waals surface area contributed by atoms with E-state index in [1.54, 1.807) is 18.2 Å². The fourth-order valence-electron chi connectivity index (χ4n) is 3.88. The van der Waals surface area contributed by atoms with Crippen LogP contribution in [0.5, 0.6) is 23.0 Å². The Bertz CT molecular complexity index is 1110. The van der Waals surface area contributed by atoms with Gasteiger partial charge in [-0.25, -0.2) is 4.79 Å². The van der Waals surface area contributed by atoms with Gasteiger partial charge in [0.15, 0.2) is 29.6 Å². The first-order chi connectivity index (χ1) is 15.8. The number of benzene rings is 2. The molecule has 0 bridgehead atoms. The van der Waals surface area contributed by atoms with Crippen LogP contribution in [0.15, 0.2) is 30.3 Å². The number of amides is 1. The van der Waals surface area contributed by atoms with Crippen molar-refractivity contribution in [2.75, 3.05) is 26.1 Å². The van der Waals surface area contributed by atoms with E-state index in [4.69, 9.17) is 23.7 Å². The molecule has 4 rings (SSSR count). The first-order valence-electron chi connectivity index (χ1n) is 10.2. The summed E-state index contributed by atoms with van der Waals surface area (Å²) in [5.74, 6) is -0.947. The molecule has 1 aliphatic heterocycles. The lowest BCUT2D eigenvalue weighted by atomic mass is 10.1. The summed E-state index contributed by atoms with van der Waals surface area (Å²) in [7, 11) is 2.64. The van der Waals surface area contributed by atoms with Crippen molar-refractivity contribution in [3.8, 4) is 23.0 Å². The Morgan fingerprint density at radius 1 is 1.06 bits per heavy atom. The molecule has 0 radical (unpaired) electrons. The Morgan fingerprint density at radius 2 is 1.73 bits per heavy atom. The van der Waals surface area contributed by atoms with Crippen LogP contribution in [0.3, 0.4) is 0 Å². The summed E-state index contributed by atoms with van der Waals surface area (Å²) in [6.45, 7) is -0.650. The molecule has 1 N–H and O–H groups in total. The van der Waals surface area contributed by atoms with Gasteiger partial charge in [-0.05, 0) is 25.0 Å². The van der Waals surface area contributed by atoms with Gasteiger partial charge >= 0.3 is 5.97 Å². The number of hydrogen-bond donors (Lipinski definition) is 1. The molecule has 0 atom stereocenters. The molecule has 1 fully saturated rings. The lowest BCUT2D eigenvalue weighted by Crippen LogP contribution is -2.34.